The minimum absolute atomic E-state index is 0.142. The maximum absolute atomic E-state index is 13.9. The summed E-state index contributed by atoms with van der Waals surface area (Å²) in [6.07, 6.45) is 1.79. The summed E-state index contributed by atoms with van der Waals surface area (Å²) < 4.78 is 42.5. The van der Waals surface area contributed by atoms with Gasteiger partial charge < -0.3 is 0 Å². The first-order valence-electron chi connectivity index (χ1n) is 5.99. The van der Waals surface area contributed by atoms with Gasteiger partial charge in [0, 0.05) is 19.2 Å². The highest BCUT2D eigenvalue weighted by Gasteiger charge is 2.21. The third-order valence-corrected chi connectivity index (χ3v) is 4.96. The van der Waals surface area contributed by atoms with E-state index in [0.717, 1.165) is 15.9 Å². The van der Waals surface area contributed by atoms with Crippen molar-refractivity contribution in [3.63, 3.8) is 0 Å². The Morgan fingerprint density at radius 2 is 1.82 bits per heavy atom. The molecule has 0 aliphatic carbocycles. The highest BCUT2D eigenvalue weighted by atomic mass is 32.2. The molecule has 0 spiro atoms. The lowest BCUT2D eigenvalue weighted by molar-refractivity contribution is 0.545. The highest BCUT2D eigenvalue weighted by molar-refractivity contribution is 8.00. The second-order valence-corrected chi connectivity index (χ2v) is 6.41. The van der Waals surface area contributed by atoms with Crippen molar-refractivity contribution < 1.29 is 13.2 Å². The molecule has 0 N–H and O–H groups in total. The molecule has 3 rings (SSSR count). The second-order valence-electron chi connectivity index (χ2n) is 4.38. The maximum atomic E-state index is 13.9. The third-order valence-electron chi connectivity index (χ3n) is 3.03. The van der Waals surface area contributed by atoms with Crippen molar-refractivity contribution in [3.8, 4) is 11.4 Å². The van der Waals surface area contributed by atoms with Crippen molar-refractivity contribution >= 4 is 33.4 Å². The van der Waals surface area contributed by atoms with E-state index in [1.807, 2.05) is 0 Å². The lowest BCUT2D eigenvalue weighted by atomic mass is 10.1. The summed E-state index contributed by atoms with van der Waals surface area (Å²) in [7, 11) is 1.34. The van der Waals surface area contributed by atoms with Gasteiger partial charge in [0.1, 0.15) is 23.3 Å². The zero-order chi connectivity index (χ0) is 16.0. The first kappa shape index (κ1) is 15.0. The Bertz CT molecular complexity index is 929. The van der Waals surface area contributed by atoms with Crippen LogP contribution in [-0.2, 0) is 7.05 Å². The first-order chi connectivity index (χ1) is 10.4. The molecule has 0 unspecified atom stereocenters. The Balaban J connectivity index is 2.37. The molecule has 0 atom stereocenters. The summed E-state index contributed by atoms with van der Waals surface area (Å²) in [6.45, 7) is 0. The Labute approximate surface area is 130 Å². The van der Waals surface area contributed by atoms with Gasteiger partial charge in [-0.25, -0.2) is 23.1 Å². The van der Waals surface area contributed by atoms with Gasteiger partial charge in [-0.3, -0.25) is 9.36 Å². The van der Waals surface area contributed by atoms with E-state index in [1.165, 1.54) is 18.8 Å². The van der Waals surface area contributed by atoms with Crippen molar-refractivity contribution in [3.05, 3.63) is 39.9 Å². The molecule has 2 aromatic heterocycles. The number of rotatable bonds is 2. The molecule has 0 radical (unpaired) electrons. The molecule has 0 saturated heterocycles. The van der Waals surface area contributed by atoms with Crippen molar-refractivity contribution in [1.82, 2.24) is 14.5 Å². The number of hydrogen-bond acceptors (Lipinski definition) is 5. The number of nitrogens with zero attached hydrogens (tertiary/aromatic N) is 3. The van der Waals surface area contributed by atoms with E-state index in [4.69, 9.17) is 0 Å². The van der Waals surface area contributed by atoms with E-state index >= 15 is 0 Å². The van der Waals surface area contributed by atoms with E-state index in [-0.39, 0.29) is 16.2 Å². The van der Waals surface area contributed by atoms with E-state index < -0.39 is 28.6 Å². The van der Waals surface area contributed by atoms with Crippen LogP contribution in [-0.4, -0.2) is 20.8 Å². The van der Waals surface area contributed by atoms with Crippen molar-refractivity contribution in [2.24, 2.45) is 7.05 Å². The number of aromatic nitrogens is 3. The standard InChI is InChI=1S/C13H8F3N3OS2/c1-19-10(8-6(15)3-5(14)4-7(8)16)18-11-9(12(19)20)17-13(21-2)22-11/h3-4H,1-2H3. The molecule has 3 aromatic rings. The topological polar surface area (TPSA) is 47.8 Å². The summed E-state index contributed by atoms with van der Waals surface area (Å²) in [4.78, 5) is 20.8. The van der Waals surface area contributed by atoms with Crippen LogP contribution in [0.25, 0.3) is 21.7 Å². The minimum atomic E-state index is -1.12. The maximum Gasteiger partial charge on any atom is 0.281 e. The fraction of sp³-hybridized carbons (Fsp3) is 0.154. The van der Waals surface area contributed by atoms with Gasteiger partial charge in [0.2, 0.25) is 0 Å². The molecule has 0 amide bonds. The van der Waals surface area contributed by atoms with Gasteiger partial charge in [0.25, 0.3) is 5.56 Å². The summed E-state index contributed by atoms with van der Waals surface area (Å²) in [5, 5.41) is 0. The van der Waals surface area contributed by atoms with Crippen LogP contribution in [0, 0.1) is 17.5 Å². The van der Waals surface area contributed by atoms with Gasteiger partial charge >= 0.3 is 0 Å². The van der Waals surface area contributed by atoms with Crippen LogP contribution in [0.5, 0.6) is 0 Å². The van der Waals surface area contributed by atoms with Crippen LogP contribution in [0.4, 0.5) is 13.2 Å². The first-order valence-corrected chi connectivity index (χ1v) is 8.03. The SMILES string of the molecule is CSc1nc2c(=O)n(C)c(-c3c(F)cc(F)cc3F)nc2s1. The third kappa shape index (κ3) is 2.30. The molecule has 4 nitrogen and oxygen atoms in total. The molecular formula is C13H8F3N3OS2. The van der Waals surface area contributed by atoms with E-state index in [2.05, 4.69) is 9.97 Å². The smallest absolute Gasteiger partial charge is 0.281 e. The molecule has 114 valence electrons. The molecule has 1 aromatic carbocycles. The predicted octanol–water partition coefficient (Wildman–Crippen LogP) is 3.20. The van der Waals surface area contributed by atoms with Gasteiger partial charge in [-0.15, -0.1) is 0 Å². The molecule has 0 aliphatic rings. The summed E-state index contributed by atoms with van der Waals surface area (Å²) in [6, 6.07) is 1.10. The zero-order valence-corrected chi connectivity index (χ0v) is 13.0. The molecule has 0 bridgehead atoms. The van der Waals surface area contributed by atoms with Crippen molar-refractivity contribution in [2.75, 3.05) is 6.26 Å². The van der Waals surface area contributed by atoms with Crippen LogP contribution in [0.2, 0.25) is 0 Å². The number of hydrogen-bond donors (Lipinski definition) is 0. The Morgan fingerprint density at radius 3 is 2.41 bits per heavy atom. The summed E-state index contributed by atoms with van der Waals surface area (Å²) in [5.74, 6) is -3.47. The molecule has 0 saturated carbocycles. The Hall–Kier alpha value is -1.87. The molecule has 0 fully saturated rings. The molecular weight excluding hydrogens is 335 g/mol. The highest BCUT2D eigenvalue weighted by Crippen LogP contribution is 2.29. The van der Waals surface area contributed by atoms with Gasteiger partial charge in [0.15, 0.2) is 14.7 Å². The molecule has 2 heterocycles. The molecule has 9 heteroatoms. The second kappa shape index (κ2) is 5.40. The zero-order valence-electron chi connectivity index (χ0n) is 11.4. The van der Waals surface area contributed by atoms with Crippen molar-refractivity contribution in [1.29, 1.82) is 0 Å². The largest absolute Gasteiger partial charge is 0.294 e. The predicted molar refractivity (Wildman–Crippen MR) is 79.7 cm³/mol. The number of fused-ring (bicyclic) bond motifs is 1. The number of thioether (sulfide) groups is 1. The minimum Gasteiger partial charge on any atom is -0.294 e. The number of benzene rings is 1. The Morgan fingerprint density at radius 1 is 1.18 bits per heavy atom. The van der Waals surface area contributed by atoms with Gasteiger partial charge in [-0.2, -0.15) is 0 Å². The van der Waals surface area contributed by atoms with E-state index in [9.17, 15) is 18.0 Å². The lowest BCUT2D eigenvalue weighted by Crippen LogP contribution is -2.21. The average Bonchev–Trinajstić information content (AvgIpc) is 2.86. The fourth-order valence-corrected chi connectivity index (χ4v) is 3.42. The monoisotopic (exact) mass is 343 g/mol. The lowest BCUT2D eigenvalue weighted by Gasteiger charge is -2.09. The van der Waals surface area contributed by atoms with Crippen LogP contribution in [0.3, 0.4) is 0 Å². The van der Waals surface area contributed by atoms with Crippen LogP contribution in [0.15, 0.2) is 21.3 Å². The quantitative estimate of drug-likeness (QED) is 0.671. The summed E-state index contributed by atoms with van der Waals surface area (Å²) >= 11 is 2.49. The van der Waals surface area contributed by atoms with Crippen LogP contribution >= 0.6 is 23.1 Å². The van der Waals surface area contributed by atoms with Gasteiger partial charge in [-0.1, -0.05) is 23.1 Å². The fourth-order valence-electron chi connectivity index (χ4n) is 2.00. The Kier molecular flexibility index (Phi) is 3.69. The normalized spacial score (nSPS) is 11.3. The van der Waals surface area contributed by atoms with Crippen molar-refractivity contribution in [2.45, 2.75) is 4.34 Å². The van der Waals surface area contributed by atoms with E-state index in [0.29, 0.717) is 16.5 Å². The molecule has 0 aliphatic heterocycles. The van der Waals surface area contributed by atoms with Crippen LogP contribution in [0.1, 0.15) is 0 Å². The average molecular weight is 343 g/mol. The van der Waals surface area contributed by atoms with Gasteiger partial charge in [0.05, 0.1) is 5.56 Å². The van der Waals surface area contributed by atoms with Crippen LogP contribution < -0.4 is 5.56 Å². The van der Waals surface area contributed by atoms with Gasteiger partial charge in [-0.05, 0) is 6.26 Å². The number of thiazole rings is 1. The van der Waals surface area contributed by atoms with E-state index in [1.54, 1.807) is 6.26 Å². The number of halogens is 3. The molecule has 22 heavy (non-hydrogen) atoms. The summed E-state index contributed by atoms with van der Waals surface area (Å²) in [5.41, 5.74) is -0.912.